The predicted octanol–water partition coefficient (Wildman–Crippen LogP) is 2.09. The molecule has 0 fully saturated rings. The number of methoxy groups -OCH3 is 1. The quantitative estimate of drug-likeness (QED) is 0.280. The minimum Gasteiger partial charge on any atom is -0.497 e. The molecule has 0 bridgehead atoms. The van der Waals surface area contributed by atoms with Gasteiger partial charge in [0.1, 0.15) is 11.4 Å². The van der Waals surface area contributed by atoms with Gasteiger partial charge in [0.25, 0.3) is 0 Å². The summed E-state index contributed by atoms with van der Waals surface area (Å²) in [5.74, 6) is 4.85. The maximum atomic E-state index is 10.8. The van der Waals surface area contributed by atoms with Crippen molar-refractivity contribution in [1.82, 2.24) is 5.43 Å². The molecule has 2 aromatic carbocycles. The Morgan fingerprint density at radius 3 is 2.46 bits per heavy atom. The first kappa shape index (κ1) is 17.1. The summed E-state index contributed by atoms with van der Waals surface area (Å²) in [6.07, 6.45) is 3.24. The third kappa shape index (κ3) is 4.15. The van der Waals surface area contributed by atoms with Crippen LogP contribution in [0, 0.1) is 0 Å². The highest BCUT2D eigenvalue weighted by atomic mass is 16.5. The van der Waals surface area contributed by atoms with Gasteiger partial charge in [0.05, 0.1) is 12.8 Å². The number of carboxylic acid groups (broad SMARTS) is 1. The minimum atomic E-state index is -1.24. The molecule has 0 unspecified atom stereocenters. The molecule has 0 aromatic heterocycles. The number of carbonyl (C=O) groups is 1. The van der Waals surface area contributed by atoms with Crippen molar-refractivity contribution >= 4 is 12.0 Å². The van der Waals surface area contributed by atoms with Gasteiger partial charge in [0.2, 0.25) is 0 Å². The Balaban J connectivity index is 2.21. The molecule has 0 aliphatic carbocycles. The smallest absolute Gasteiger partial charge is 0.353 e. The minimum absolute atomic E-state index is 0.138. The molecule has 6 heteroatoms. The van der Waals surface area contributed by atoms with E-state index in [1.807, 2.05) is 48.5 Å². The average Bonchev–Trinajstić information content (AvgIpc) is 2.62. The summed E-state index contributed by atoms with van der Waals surface area (Å²) in [7, 11) is 1.63. The molecule has 0 radical (unpaired) electrons. The summed E-state index contributed by atoms with van der Waals surface area (Å²) in [5, 5.41) is 8.86. The van der Waals surface area contributed by atoms with Crippen LogP contribution in [-0.4, -0.2) is 18.2 Å². The van der Waals surface area contributed by atoms with Crippen molar-refractivity contribution < 1.29 is 14.6 Å². The lowest BCUT2D eigenvalue weighted by Gasteiger charge is -2.06. The lowest BCUT2D eigenvalue weighted by atomic mass is 10.0. The number of allylic oxidation sites excluding steroid dienone is 1. The van der Waals surface area contributed by atoms with Crippen molar-refractivity contribution in [3.05, 3.63) is 71.6 Å². The first-order valence-corrected chi connectivity index (χ1v) is 7.17. The van der Waals surface area contributed by atoms with Gasteiger partial charge in [-0.1, -0.05) is 42.5 Å². The van der Waals surface area contributed by atoms with Crippen molar-refractivity contribution in [2.45, 2.75) is 0 Å². The summed E-state index contributed by atoms with van der Waals surface area (Å²) in [6, 6.07) is 15.5. The summed E-state index contributed by atoms with van der Waals surface area (Å²) in [6.45, 7) is 0. The number of aliphatic carboxylic acids is 1. The molecule has 0 spiro atoms. The summed E-state index contributed by atoms with van der Waals surface area (Å²) >= 11 is 0. The molecule has 124 valence electrons. The van der Waals surface area contributed by atoms with E-state index in [0.717, 1.165) is 22.4 Å². The Morgan fingerprint density at radius 1 is 1.17 bits per heavy atom. The number of ether oxygens (including phenoxy) is 1. The van der Waals surface area contributed by atoms with Gasteiger partial charge >= 0.3 is 5.97 Å². The van der Waals surface area contributed by atoms with Gasteiger partial charge in [0, 0.05) is 0 Å². The first-order valence-electron chi connectivity index (χ1n) is 7.17. The molecule has 0 atom stereocenters. The van der Waals surface area contributed by atoms with Crippen LogP contribution in [0.4, 0.5) is 0 Å². The number of hydrazine groups is 1. The van der Waals surface area contributed by atoms with Crippen molar-refractivity contribution in [3.63, 3.8) is 0 Å². The molecule has 2 aromatic rings. The largest absolute Gasteiger partial charge is 0.497 e. The maximum absolute atomic E-state index is 10.8. The van der Waals surface area contributed by atoms with E-state index in [0.29, 0.717) is 0 Å². The van der Waals surface area contributed by atoms with E-state index in [-0.39, 0.29) is 11.4 Å². The molecule has 0 aliphatic heterocycles. The van der Waals surface area contributed by atoms with Crippen LogP contribution < -0.4 is 21.7 Å². The summed E-state index contributed by atoms with van der Waals surface area (Å²) in [5.41, 5.74) is 10.5. The summed E-state index contributed by atoms with van der Waals surface area (Å²) in [4.78, 5) is 10.8. The number of benzene rings is 2. The maximum Gasteiger partial charge on any atom is 0.353 e. The molecule has 6 nitrogen and oxygen atoms in total. The zero-order chi connectivity index (χ0) is 17.5. The van der Waals surface area contributed by atoms with Crippen LogP contribution in [0.5, 0.6) is 5.75 Å². The van der Waals surface area contributed by atoms with E-state index in [2.05, 4.69) is 5.43 Å². The van der Waals surface area contributed by atoms with Crippen LogP contribution in [0.3, 0.4) is 0 Å². The fourth-order valence-corrected chi connectivity index (χ4v) is 2.10. The topological polar surface area (TPSA) is 111 Å². The molecule has 0 amide bonds. The fraction of sp³-hybridized carbons (Fsp3) is 0.0556. The molecular weight excluding hydrogens is 306 g/mol. The molecule has 0 heterocycles. The third-order valence-corrected chi connectivity index (χ3v) is 3.43. The zero-order valence-electron chi connectivity index (χ0n) is 13.2. The summed E-state index contributed by atoms with van der Waals surface area (Å²) < 4.78 is 5.22. The lowest BCUT2D eigenvalue weighted by molar-refractivity contribution is -0.132. The molecule has 0 aliphatic rings. The van der Waals surface area contributed by atoms with Crippen LogP contribution >= 0.6 is 0 Å². The molecule has 0 saturated carbocycles. The van der Waals surface area contributed by atoms with Crippen LogP contribution in [0.2, 0.25) is 0 Å². The van der Waals surface area contributed by atoms with Gasteiger partial charge in [-0.25, -0.2) is 4.79 Å². The highest BCUT2D eigenvalue weighted by Crippen LogP contribution is 2.24. The van der Waals surface area contributed by atoms with E-state index in [4.69, 9.17) is 21.4 Å². The van der Waals surface area contributed by atoms with Gasteiger partial charge in [-0.05, 0) is 34.9 Å². The van der Waals surface area contributed by atoms with Gasteiger partial charge in [0.15, 0.2) is 0 Å². The predicted molar refractivity (Wildman–Crippen MR) is 93.6 cm³/mol. The Labute approximate surface area is 140 Å². The van der Waals surface area contributed by atoms with Crippen LogP contribution in [0.25, 0.3) is 17.2 Å². The van der Waals surface area contributed by atoms with Crippen LogP contribution in [0.1, 0.15) is 5.56 Å². The number of hydrogen-bond acceptors (Lipinski definition) is 5. The molecular formula is C18H19N3O3. The Hall–Kier alpha value is -3.25. The second-order valence-corrected chi connectivity index (χ2v) is 4.96. The Bertz CT molecular complexity index is 780. The van der Waals surface area contributed by atoms with E-state index in [1.54, 1.807) is 13.2 Å². The van der Waals surface area contributed by atoms with Gasteiger partial charge < -0.3 is 21.0 Å². The Morgan fingerprint density at radius 2 is 1.88 bits per heavy atom. The fourth-order valence-electron chi connectivity index (χ4n) is 2.10. The molecule has 0 saturated heterocycles. The standard InChI is InChI=1S/C18H19N3O3/c1-24-15-4-2-3-14(11-15)13-8-5-12(6-9-13)7-10-16(21-20)17(19)18(22)23/h2-11,21H,19-20H2,1H3,(H,22,23)/b10-7+,17-16-. The van der Waals surface area contributed by atoms with Crippen LogP contribution in [0.15, 0.2) is 66.0 Å². The molecule has 24 heavy (non-hydrogen) atoms. The highest BCUT2D eigenvalue weighted by molar-refractivity contribution is 5.87. The first-order chi connectivity index (χ1) is 11.5. The number of rotatable bonds is 6. The van der Waals surface area contributed by atoms with Crippen molar-refractivity contribution in [2.24, 2.45) is 11.6 Å². The average molecular weight is 325 g/mol. The normalized spacial score (nSPS) is 11.9. The van der Waals surface area contributed by atoms with Crippen molar-refractivity contribution in [2.75, 3.05) is 7.11 Å². The van der Waals surface area contributed by atoms with Crippen LogP contribution in [-0.2, 0) is 4.79 Å². The Kier molecular flexibility index (Phi) is 5.59. The molecule has 2 rings (SSSR count). The van der Waals surface area contributed by atoms with Gasteiger partial charge in [-0.3, -0.25) is 5.84 Å². The van der Waals surface area contributed by atoms with Gasteiger partial charge in [-0.15, -0.1) is 0 Å². The third-order valence-electron chi connectivity index (χ3n) is 3.43. The van der Waals surface area contributed by atoms with Crippen molar-refractivity contribution in [3.8, 4) is 16.9 Å². The zero-order valence-corrected chi connectivity index (χ0v) is 13.2. The SMILES string of the molecule is COc1cccc(-c2ccc(/C=C/C(NN)=C(/N)C(=O)O)cc2)c1. The van der Waals surface area contributed by atoms with Gasteiger partial charge in [-0.2, -0.15) is 0 Å². The second-order valence-electron chi connectivity index (χ2n) is 4.96. The van der Waals surface area contributed by atoms with Crippen molar-refractivity contribution in [1.29, 1.82) is 0 Å². The second kappa shape index (κ2) is 7.85. The number of carboxylic acids is 1. The van der Waals surface area contributed by atoms with E-state index >= 15 is 0 Å². The van der Waals surface area contributed by atoms with E-state index in [9.17, 15) is 4.79 Å². The number of nitrogens with two attached hydrogens (primary N) is 2. The van der Waals surface area contributed by atoms with E-state index in [1.165, 1.54) is 6.08 Å². The lowest BCUT2D eigenvalue weighted by Crippen LogP contribution is -2.26. The van der Waals surface area contributed by atoms with E-state index < -0.39 is 5.97 Å². The number of nitrogens with one attached hydrogen (secondary N) is 1. The number of hydrogen-bond donors (Lipinski definition) is 4. The highest BCUT2D eigenvalue weighted by Gasteiger charge is 2.06. The monoisotopic (exact) mass is 325 g/mol. The molecule has 6 N–H and O–H groups in total.